The van der Waals surface area contributed by atoms with E-state index in [0.29, 0.717) is 28.3 Å². The lowest BCUT2D eigenvalue weighted by molar-refractivity contribution is -0.141. The van der Waals surface area contributed by atoms with Crippen molar-refractivity contribution in [2.45, 2.75) is 30.6 Å². The van der Waals surface area contributed by atoms with E-state index in [9.17, 15) is 24.6 Å². The van der Waals surface area contributed by atoms with Crippen molar-refractivity contribution in [3.63, 3.8) is 0 Å². The monoisotopic (exact) mass is 781 g/mol. The van der Waals surface area contributed by atoms with E-state index in [-0.39, 0.29) is 59.2 Å². The van der Waals surface area contributed by atoms with Crippen molar-refractivity contribution >= 4 is 52.5 Å². The Hall–Kier alpha value is -5.52. The summed E-state index contributed by atoms with van der Waals surface area (Å²) in [5.74, 6) is -4.75. The van der Waals surface area contributed by atoms with Gasteiger partial charge in [-0.3, -0.25) is 29.5 Å². The van der Waals surface area contributed by atoms with E-state index in [2.05, 4.69) is 5.43 Å². The normalized spacial score (nSPS) is 25.7. The molecule has 11 nitrogen and oxygen atoms in total. The van der Waals surface area contributed by atoms with Crippen LogP contribution in [-0.2, 0) is 31.0 Å². The van der Waals surface area contributed by atoms with Gasteiger partial charge in [0.1, 0.15) is 11.5 Å². The number of nitrogens with one attached hydrogen (secondary N) is 1. The van der Waals surface area contributed by atoms with Gasteiger partial charge in [-0.1, -0.05) is 65.2 Å². The molecule has 2 heterocycles. The number of amides is 4. The number of phenolic OH excluding ortho intramolecular Hbond substituents is 2. The third-order valence-corrected chi connectivity index (χ3v) is 12.3. The van der Waals surface area contributed by atoms with Crippen molar-refractivity contribution in [1.82, 2.24) is 9.91 Å². The van der Waals surface area contributed by atoms with Crippen LogP contribution in [-0.4, -0.2) is 64.5 Å². The van der Waals surface area contributed by atoms with Gasteiger partial charge in [-0.15, -0.1) is 0 Å². The smallest absolute Gasteiger partial charge is 0.260 e. The van der Waals surface area contributed by atoms with Gasteiger partial charge >= 0.3 is 0 Å². The van der Waals surface area contributed by atoms with E-state index in [1.54, 1.807) is 72.8 Å². The minimum absolute atomic E-state index is 0.104. The molecule has 2 aliphatic carbocycles. The molecule has 0 unspecified atom stereocenters. The minimum Gasteiger partial charge on any atom is -0.508 e. The van der Waals surface area contributed by atoms with Gasteiger partial charge in [0.15, 0.2) is 11.5 Å². The molecule has 0 bridgehead atoms. The van der Waals surface area contributed by atoms with Gasteiger partial charge in [0.25, 0.3) is 11.8 Å². The lowest BCUT2D eigenvalue weighted by Gasteiger charge is -2.50. The fraction of sp³-hybridized carbons (Fsp3) is 0.286. The second-order valence-corrected chi connectivity index (χ2v) is 15.2. The molecule has 4 aliphatic rings. The zero-order valence-corrected chi connectivity index (χ0v) is 31.4. The molecule has 282 valence electrons. The van der Waals surface area contributed by atoms with Crippen molar-refractivity contribution in [3.8, 4) is 23.0 Å². The molecule has 13 heteroatoms. The fourth-order valence-electron chi connectivity index (χ4n) is 9.28. The third-order valence-electron chi connectivity index (χ3n) is 11.8. The first-order valence-electron chi connectivity index (χ1n) is 17.9. The number of hydrogen-bond donors (Lipinski definition) is 3. The van der Waals surface area contributed by atoms with Crippen LogP contribution < -0.4 is 14.9 Å². The first-order valence-corrected chi connectivity index (χ1v) is 18.7. The number of aromatic hydroxyl groups is 2. The standard InChI is InChI=1S/C42H37Cl2N3O8/c1-54-27-11-6-24(7-12-27)42-31(39(51)47(41(42)53)45-33-15-8-25(43)20-32(33)44)21-30-28(37(42)23-5-16-34(49)35(19-23)55-2)13-14-29-36(30)40(52)46(38(29)50)18-17-22-3-9-26(48)10-4-22/h3-13,15-16,19-20,29-31,36-37,45,48-49H,14,17-18,21H2,1-2H3/t29-,30+,31-,36-,37-,42+/m0/s1. The highest BCUT2D eigenvalue weighted by atomic mass is 35.5. The number of benzene rings is 4. The maximum absolute atomic E-state index is 15.4. The van der Waals surface area contributed by atoms with Crippen molar-refractivity contribution in [1.29, 1.82) is 0 Å². The van der Waals surface area contributed by atoms with Crippen LogP contribution >= 0.6 is 23.2 Å². The van der Waals surface area contributed by atoms with Crippen LogP contribution in [0.25, 0.3) is 0 Å². The SMILES string of the molecule is COc1ccc([C@@]23C(=O)N(Nc4ccc(Cl)cc4Cl)C(=O)[C@@H]2C[C@@H]2C(=CC[C@@H]4C(=O)N(CCc5ccc(O)cc5)C(=O)[C@@H]42)[C@@H]3c2ccc(O)c(OC)c2)cc1. The Kier molecular flexibility index (Phi) is 9.25. The largest absolute Gasteiger partial charge is 0.508 e. The van der Waals surface area contributed by atoms with Crippen LogP contribution in [0.1, 0.15) is 35.4 Å². The number of rotatable bonds is 9. The number of phenols is 2. The Balaban J connectivity index is 1.28. The number of fused-ring (bicyclic) bond motifs is 4. The van der Waals surface area contributed by atoms with Crippen LogP contribution in [0.5, 0.6) is 23.0 Å². The van der Waals surface area contributed by atoms with E-state index in [4.69, 9.17) is 32.7 Å². The summed E-state index contributed by atoms with van der Waals surface area (Å²) in [5.41, 5.74) is 4.47. The number of nitrogens with zero attached hydrogens (tertiary/aromatic N) is 2. The Morgan fingerprint density at radius 2 is 1.58 bits per heavy atom. The van der Waals surface area contributed by atoms with E-state index in [0.717, 1.165) is 16.1 Å². The predicted molar refractivity (Wildman–Crippen MR) is 204 cm³/mol. The Bertz CT molecular complexity index is 2260. The molecule has 2 aliphatic heterocycles. The quantitative estimate of drug-likeness (QED) is 0.126. The minimum atomic E-state index is -1.56. The second kappa shape index (κ2) is 14.0. The second-order valence-electron chi connectivity index (χ2n) is 14.4. The first-order chi connectivity index (χ1) is 26.5. The van der Waals surface area contributed by atoms with E-state index in [1.807, 2.05) is 6.08 Å². The predicted octanol–water partition coefficient (Wildman–Crippen LogP) is 6.65. The Labute approximate surface area is 327 Å². The van der Waals surface area contributed by atoms with Crippen LogP contribution in [0, 0.1) is 23.7 Å². The van der Waals surface area contributed by atoms with Crippen molar-refractivity contribution in [2.24, 2.45) is 23.7 Å². The molecule has 3 fully saturated rings. The maximum atomic E-state index is 15.4. The Morgan fingerprint density at radius 1 is 0.836 bits per heavy atom. The number of likely N-dealkylation sites (tertiary alicyclic amines) is 1. The zero-order valence-electron chi connectivity index (χ0n) is 29.9. The summed E-state index contributed by atoms with van der Waals surface area (Å²) in [6.07, 6.45) is 2.74. The van der Waals surface area contributed by atoms with Crippen molar-refractivity contribution < 1.29 is 38.9 Å². The number of allylic oxidation sites excluding steroid dienone is 2. The van der Waals surface area contributed by atoms with Gasteiger partial charge in [0.05, 0.1) is 48.1 Å². The van der Waals surface area contributed by atoms with E-state index < -0.39 is 46.8 Å². The average molecular weight is 783 g/mol. The number of hydrogen-bond acceptors (Lipinski definition) is 9. The van der Waals surface area contributed by atoms with Gasteiger partial charge in [0, 0.05) is 17.5 Å². The highest BCUT2D eigenvalue weighted by molar-refractivity contribution is 6.36. The lowest BCUT2D eigenvalue weighted by Crippen LogP contribution is -2.53. The fourth-order valence-corrected chi connectivity index (χ4v) is 9.73. The van der Waals surface area contributed by atoms with Crippen molar-refractivity contribution in [3.05, 3.63) is 123 Å². The molecule has 4 amide bonds. The summed E-state index contributed by atoms with van der Waals surface area (Å²) in [6.45, 7) is 0.159. The van der Waals surface area contributed by atoms with Gasteiger partial charge in [-0.05, 0) is 96.5 Å². The molecule has 0 spiro atoms. The number of carbonyl (C=O) groups is 4. The van der Waals surface area contributed by atoms with Gasteiger partial charge in [-0.2, -0.15) is 5.01 Å². The summed E-state index contributed by atoms with van der Waals surface area (Å²) in [7, 11) is 2.96. The average Bonchev–Trinajstić information content (AvgIpc) is 3.56. The molecule has 4 aromatic carbocycles. The highest BCUT2D eigenvalue weighted by Gasteiger charge is 2.70. The number of carbonyl (C=O) groups excluding carboxylic acids is 4. The molecule has 3 N–H and O–H groups in total. The molecule has 55 heavy (non-hydrogen) atoms. The van der Waals surface area contributed by atoms with Crippen molar-refractivity contribution in [2.75, 3.05) is 26.2 Å². The van der Waals surface area contributed by atoms with Crippen LogP contribution in [0.3, 0.4) is 0 Å². The van der Waals surface area contributed by atoms with Gasteiger partial charge in [0.2, 0.25) is 11.8 Å². The molecule has 1 saturated carbocycles. The van der Waals surface area contributed by atoms with Gasteiger partial charge < -0.3 is 19.7 Å². The van der Waals surface area contributed by atoms with E-state index in [1.165, 1.54) is 31.3 Å². The molecule has 0 aromatic heterocycles. The molecule has 0 radical (unpaired) electrons. The number of halogens is 2. The topological polar surface area (TPSA) is 146 Å². The summed E-state index contributed by atoms with van der Waals surface area (Å²) >= 11 is 12.7. The van der Waals surface area contributed by atoms with Crippen LogP contribution in [0.4, 0.5) is 5.69 Å². The number of methoxy groups -OCH3 is 2. The maximum Gasteiger partial charge on any atom is 0.260 e. The lowest BCUT2D eigenvalue weighted by atomic mass is 9.49. The molecular formula is C42H37Cl2N3O8. The van der Waals surface area contributed by atoms with Crippen LogP contribution in [0.2, 0.25) is 10.0 Å². The zero-order chi connectivity index (χ0) is 38.8. The number of hydrazine groups is 1. The number of ether oxygens (including phenoxy) is 2. The molecule has 8 rings (SSSR count). The summed E-state index contributed by atoms with van der Waals surface area (Å²) in [5, 5.41) is 22.0. The summed E-state index contributed by atoms with van der Waals surface area (Å²) in [4.78, 5) is 60.1. The Morgan fingerprint density at radius 3 is 2.27 bits per heavy atom. The first kappa shape index (κ1) is 36.5. The van der Waals surface area contributed by atoms with E-state index >= 15 is 4.79 Å². The molecule has 2 saturated heterocycles. The van der Waals surface area contributed by atoms with Gasteiger partial charge in [-0.25, -0.2) is 0 Å². The highest BCUT2D eigenvalue weighted by Crippen LogP contribution is 2.64. The third kappa shape index (κ3) is 5.79. The molecular weight excluding hydrogens is 745 g/mol. The summed E-state index contributed by atoms with van der Waals surface area (Å²) in [6, 6.07) is 23.2. The number of imide groups is 2. The molecule has 6 atom stereocenters. The summed E-state index contributed by atoms with van der Waals surface area (Å²) < 4.78 is 11.0. The van der Waals surface area contributed by atoms with Crippen LogP contribution in [0.15, 0.2) is 96.6 Å². The number of anilines is 1. The molecule has 4 aromatic rings.